The number of halogens is 1. The van der Waals surface area contributed by atoms with Crippen LogP contribution in [-0.2, 0) is 4.79 Å². The summed E-state index contributed by atoms with van der Waals surface area (Å²) in [4.78, 5) is 14.3. The lowest BCUT2D eigenvalue weighted by Crippen LogP contribution is -2.26. The van der Waals surface area contributed by atoms with Crippen LogP contribution >= 0.6 is 11.6 Å². The Kier molecular flexibility index (Phi) is 5.88. The van der Waals surface area contributed by atoms with Crippen LogP contribution in [0.1, 0.15) is 32.6 Å². The van der Waals surface area contributed by atoms with E-state index in [0.717, 1.165) is 25.6 Å². The van der Waals surface area contributed by atoms with E-state index in [-0.39, 0.29) is 5.91 Å². The number of nitrogens with one attached hydrogen (secondary N) is 1. The highest BCUT2D eigenvalue weighted by molar-refractivity contribution is 6.33. The lowest BCUT2D eigenvalue weighted by atomic mass is 10.0. The van der Waals surface area contributed by atoms with Gasteiger partial charge in [-0.2, -0.15) is 0 Å². The Bertz CT molecular complexity index is 492. The van der Waals surface area contributed by atoms with E-state index >= 15 is 0 Å². The minimum Gasteiger partial charge on any atom is -0.397 e. The van der Waals surface area contributed by atoms with Crippen molar-refractivity contribution in [1.82, 2.24) is 4.90 Å². The number of likely N-dealkylation sites (tertiary alicyclic amines) is 1. The van der Waals surface area contributed by atoms with Crippen molar-refractivity contribution in [3.8, 4) is 0 Å². The van der Waals surface area contributed by atoms with Gasteiger partial charge in [-0.3, -0.25) is 4.79 Å². The van der Waals surface area contributed by atoms with Crippen LogP contribution < -0.4 is 11.1 Å². The normalized spacial score (nSPS) is 18.9. The topological polar surface area (TPSA) is 58.4 Å². The third kappa shape index (κ3) is 4.90. The van der Waals surface area contributed by atoms with E-state index in [1.54, 1.807) is 18.2 Å². The molecule has 1 amide bonds. The van der Waals surface area contributed by atoms with Crippen molar-refractivity contribution in [3.63, 3.8) is 0 Å². The molecule has 0 radical (unpaired) electrons. The second-order valence-electron chi connectivity index (χ2n) is 5.78. The average molecular weight is 310 g/mol. The first-order valence-electron chi connectivity index (χ1n) is 7.65. The summed E-state index contributed by atoms with van der Waals surface area (Å²) in [7, 11) is 0. The zero-order valence-corrected chi connectivity index (χ0v) is 13.3. The highest BCUT2D eigenvalue weighted by Gasteiger charge is 2.21. The average Bonchev–Trinajstić information content (AvgIpc) is 2.89. The number of nitrogens with zero attached hydrogens (tertiary/aromatic N) is 1. The summed E-state index contributed by atoms with van der Waals surface area (Å²) in [6.07, 6.45) is 4.33. The van der Waals surface area contributed by atoms with Crippen LogP contribution in [0.15, 0.2) is 18.2 Å². The molecular weight excluding hydrogens is 286 g/mol. The van der Waals surface area contributed by atoms with E-state index in [1.807, 2.05) is 0 Å². The second-order valence-corrected chi connectivity index (χ2v) is 6.19. The summed E-state index contributed by atoms with van der Waals surface area (Å²) < 4.78 is 0. The number of carbonyl (C=O) groups excluding carboxylic acids is 1. The number of hydrogen-bond donors (Lipinski definition) is 2. The lowest BCUT2D eigenvalue weighted by molar-refractivity contribution is -0.116. The van der Waals surface area contributed by atoms with Gasteiger partial charge in [-0.1, -0.05) is 24.9 Å². The molecule has 0 spiro atoms. The largest absolute Gasteiger partial charge is 0.397 e. The van der Waals surface area contributed by atoms with E-state index in [0.29, 0.717) is 22.8 Å². The van der Waals surface area contributed by atoms with Gasteiger partial charge in [-0.05, 0) is 43.5 Å². The molecule has 1 saturated heterocycles. The molecule has 1 aliphatic rings. The molecule has 4 nitrogen and oxygen atoms in total. The number of anilines is 2. The monoisotopic (exact) mass is 309 g/mol. The molecule has 1 aromatic rings. The molecule has 0 aliphatic carbocycles. The Morgan fingerprint density at radius 1 is 1.52 bits per heavy atom. The van der Waals surface area contributed by atoms with Crippen molar-refractivity contribution in [2.24, 2.45) is 5.92 Å². The van der Waals surface area contributed by atoms with Crippen LogP contribution in [0.25, 0.3) is 0 Å². The molecule has 1 aliphatic heterocycles. The van der Waals surface area contributed by atoms with Crippen molar-refractivity contribution in [3.05, 3.63) is 23.2 Å². The molecule has 0 bridgehead atoms. The summed E-state index contributed by atoms with van der Waals surface area (Å²) in [5.41, 5.74) is 6.91. The van der Waals surface area contributed by atoms with Gasteiger partial charge in [-0.25, -0.2) is 0 Å². The fraction of sp³-hybridized carbons (Fsp3) is 0.562. The van der Waals surface area contributed by atoms with Crippen LogP contribution in [0.2, 0.25) is 5.02 Å². The number of rotatable bonds is 6. The van der Waals surface area contributed by atoms with Gasteiger partial charge in [0.15, 0.2) is 0 Å². The number of hydrogen-bond acceptors (Lipinski definition) is 3. The first-order chi connectivity index (χ1) is 10.1. The molecule has 2 rings (SSSR count). The fourth-order valence-electron chi connectivity index (χ4n) is 2.86. The van der Waals surface area contributed by atoms with Gasteiger partial charge in [0.2, 0.25) is 5.91 Å². The maximum atomic E-state index is 12.0. The Morgan fingerprint density at radius 3 is 3.05 bits per heavy atom. The highest BCUT2D eigenvalue weighted by atomic mass is 35.5. The minimum atomic E-state index is 0.0238. The van der Waals surface area contributed by atoms with Gasteiger partial charge in [0, 0.05) is 25.2 Å². The van der Waals surface area contributed by atoms with E-state index in [2.05, 4.69) is 17.1 Å². The van der Waals surface area contributed by atoms with Gasteiger partial charge >= 0.3 is 0 Å². The third-order valence-electron chi connectivity index (χ3n) is 4.00. The Hall–Kier alpha value is -1.26. The molecule has 1 atom stereocenters. The molecule has 1 unspecified atom stereocenters. The summed E-state index contributed by atoms with van der Waals surface area (Å²) in [5.74, 6) is 0.838. The van der Waals surface area contributed by atoms with Crippen molar-refractivity contribution in [2.75, 3.05) is 30.7 Å². The van der Waals surface area contributed by atoms with Crippen LogP contribution in [0.4, 0.5) is 11.4 Å². The minimum absolute atomic E-state index is 0.0238. The molecule has 0 saturated carbocycles. The maximum Gasteiger partial charge on any atom is 0.225 e. The molecule has 1 heterocycles. The molecule has 1 aromatic carbocycles. The van der Waals surface area contributed by atoms with Gasteiger partial charge in [-0.15, -0.1) is 0 Å². The van der Waals surface area contributed by atoms with Crippen LogP contribution in [0, 0.1) is 5.92 Å². The summed E-state index contributed by atoms with van der Waals surface area (Å²) in [6.45, 7) is 5.31. The summed E-state index contributed by atoms with van der Waals surface area (Å²) in [5, 5.41) is 3.37. The van der Waals surface area contributed by atoms with E-state index in [9.17, 15) is 4.79 Å². The van der Waals surface area contributed by atoms with E-state index in [4.69, 9.17) is 17.3 Å². The van der Waals surface area contributed by atoms with E-state index in [1.165, 1.54) is 19.3 Å². The van der Waals surface area contributed by atoms with Gasteiger partial charge in [0.05, 0.1) is 10.7 Å². The molecule has 21 heavy (non-hydrogen) atoms. The van der Waals surface area contributed by atoms with Crippen LogP contribution in [0.3, 0.4) is 0 Å². The predicted molar refractivity (Wildman–Crippen MR) is 88.6 cm³/mol. The number of amides is 1. The Morgan fingerprint density at radius 2 is 2.33 bits per heavy atom. The Balaban J connectivity index is 1.74. The smallest absolute Gasteiger partial charge is 0.225 e. The van der Waals surface area contributed by atoms with Crippen LogP contribution in [0.5, 0.6) is 0 Å². The molecule has 5 heteroatoms. The summed E-state index contributed by atoms with van der Waals surface area (Å²) >= 11 is 5.86. The summed E-state index contributed by atoms with van der Waals surface area (Å²) in [6, 6.07) is 5.15. The second kappa shape index (κ2) is 7.66. The van der Waals surface area contributed by atoms with Crippen molar-refractivity contribution in [2.45, 2.75) is 32.6 Å². The number of nitrogen functional groups attached to an aromatic ring is 1. The molecular formula is C16H24ClN3O. The standard InChI is InChI=1S/C16H24ClN3O/c1-2-3-12-6-8-20(11-12)9-7-16(21)19-13-4-5-14(17)15(18)10-13/h4-5,10,12H,2-3,6-9,11,18H2,1H3,(H,19,21). The predicted octanol–water partition coefficient (Wildman–Crippen LogP) is 3.37. The fourth-order valence-corrected chi connectivity index (χ4v) is 2.98. The molecule has 0 aromatic heterocycles. The molecule has 3 N–H and O–H groups in total. The zero-order chi connectivity index (χ0) is 15.2. The number of carbonyl (C=O) groups is 1. The maximum absolute atomic E-state index is 12.0. The van der Waals surface area contributed by atoms with E-state index < -0.39 is 0 Å². The van der Waals surface area contributed by atoms with Gasteiger partial charge in [0.25, 0.3) is 0 Å². The first kappa shape index (κ1) is 16.1. The van der Waals surface area contributed by atoms with Crippen molar-refractivity contribution < 1.29 is 4.79 Å². The third-order valence-corrected chi connectivity index (χ3v) is 4.35. The van der Waals surface area contributed by atoms with Crippen molar-refractivity contribution >= 4 is 28.9 Å². The van der Waals surface area contributed by atoms with Gasteiger partial charge in [0.1, 0.15) is 0 Å². The quantitative estimate of drug-likeness (QED) is 0.792. The molecule has 116 valence electrons. The lowest BCUT2D eigenvalue weighted by Gasteiger charge is -2.15. The van der Waals surface area contributed by atoms with Crippen molar-refractivity contribution in [1.29, 1.82) is 0 Å². The van der Waals surface area contributed by atoms with Crippen LogP contribution in [-0.4, -0.2) is 30.4 Å². The highest BCUT2D eigenvalue weighted by Crippen LogP contribution is 2.23. The zero-order valence-electron chi connectivity index (χ0n) is 12.6. The van der Waals surface area contributed by atoms with Gasteiger partial charge < -0.3 is 16.0 Å². The SMILES string of the molecule is CCCC1CCN(CCC(=O)Nc2ccc(Cl)c(N)c2)C1. The number of nitrogens with two attached hydrogens (primary N) is 1. The number of benzene rings is 1. The first-order valence-corrected chi connectivity index (χ1v) is 8.03. The Labute approximate surface area is 131 Å². The molecule has 1 fully saturated rings.